The van der Waals surface area contributed by atoms with Crippen molar-refractivity contribution in [3.63, 3.8) is 0 Å². The fourth-order valence-electron chi connectivity index (χ4n) is 2.28. The van der Waals surface area contributed by atoms with Crippen LogP contribution in [0, 0.1) is 0 Å². The van der Waals surface area contributed by atoms with Crippen molar-refractivity contribution in [2.45, 2.75) is 12.8 Å². The Hall–Kier alpha value is -2.01. The highest BCUT2D eigenvalue weighted by molar-refractivity contribution is 5.94. The van der Waals surface area contributed by atoms with Gasteiger partial charge in [0.2, 0.25) is 0 Å². The average Bonchev–Trinajstić information content (AvgIpc) is 2.70. The predicted molar refractivity (Wildman–Crippen MR) is 79.5 cm³/mol. The number of nitrogens with zero attached hydrogens (tertiary/aromatic N) is 1. The zero-order valence-electron chi connectivity index (χ0n) is 11.4. The molecule has 106 valence electrons. The zero-order chi connectivity index (χ0) is 13.8. The van der Waals surface area contributed by atoms with Crippen LogP contribution in [0.5, 0.6) is 11.5 Å². The normalized spacial score (nSPS) is 14.1. The maximum Gasteiger partial charge on any atom is 0.161 e. The fraction of sp³-hybridized carbons (Fsp3) is 0.400. The van der Waals surface area contributed by atoms with Crippen LogP contribution in [0.15, 0.2) is 24.4 Å². The Labute approximate surface area is 118 Å². The van der Waals surface area contributed by atoms with Gasteiger partial charge in [0.15, 0.2) is 11.5 Å². The molecule has 1 aromatic carbocycles. The average molecular weight is 273 g/mol. The Morgan fingerprint density at radius 1 is 1.20 bits per heavy atom. The van der Waals surface area contributed by atoms with E-state index in [1.54, 1.807) is 6.20 Å². The van der Waals surface area contributed by atoms with Gasteiger partial charge in [-0.05, 0) is 36.6 Å². The standard InChI is InChI=1S/C15H19N3O2/c16-4-1-5-17-15-12-10-14-13(19-7-2-8-20-14)9-11(12)3-6-18-15/h3,6,9-10H,1-2,4-5,7-8,16H2,(H,17,18). The number of hydrogen-bond acceptors (Lipinski definition) is 5. The molecule has 0 unspecified atom stereocenters. The van der Waals surface area contributed by atoms with Crippen LogP contribution in [0.4, 0.5) is 5.82 Å². The fourth-order valence-corrected chi connectivity index (χ4v) is 2.28. The van der Waals surface area contributed by atoms with E-state index in [4.69, 9.17) is 15.2 Å². The summed E-state index contributed by atoms with van der Waals surface area (Å²) < 4.78 is 11.4. The Morgan fingerprint density at radius 3 is 2.80 bits per heavy atom. The van der Waals surface area contributed by atoms with Gasteiger partial charge in [0.25, 0.3) is 0 Å². The molecule has 0 atom stereocenters. The molecule has 0 amide bonds. The molecule has 0 saturated heterocycles. The van der Waals surface area contributed by atoms with Crippen LogP contribution in [0.25, 0.3) is 10.8 Å². The number of fused-ring (bicyclic) bond motifs is 2. The predicted octanol–water partition coefficient (Wildman–Crippen LogP) is 2.16. The number of hydrogen-bond donors (Lipinski definition) is 2. The Bertz CT molecular complexity index is 601. The van der Waals surface area contributed by atoms with E-state index in [2.05, 4.69) is 10.3 Å². The van der Waals surface area contributed by atoms with E-state index >= 15 is 0 Å². The van der Waals surface area contributed by atoms with Crippen molar-refractivity contribution >= 4 is 16.6 Å². The molecule has 3 N–H and O–H groups in total. The van der Waals surface area contributed by atoms with Crippen molar-refractivity contribution in [2.75, 3.05) is 31.6 Å². The first-order chi connectivity index (χ1) is 9.88. The van der Waals surface area contributed by atoms with Gasteiger partial charge in [-0.2, -0.15) is 0 Å². The summed E-state index contributed by atoms with van der Waals surface area (Å²) in [6.45, 7) is 2.88. The Kier molecular flexibility index (Phi) is 3.87. The van der Waals surface area contributed by atoms with Gasteiger partial charge in [-0.15, -0.1) is 0 Å². The smallest absolute Gasteiger partial charge is 0.161 e. The van der Waals surface area contributed by atoms with Crippen LogP contribution in [0.3, 0.4) is 0 Å². The van der Waals surface area contributed by atoms with Gasteiger partial charge in [-0.25, -0.2) is 4.98 Å². The molecule has 20 heavy (non-hydrogen) atoms. The molecule has 0 radical (unpaired) electrons. The topological polar surface area (TPSA) is 69.4 Å². The molecule has 0 spiro atoms. The lowest BCUT2D eigenvalue weighted by Crippen LogP contribution is -2.09. The molecule has 2 aromatic rings. The van der Waals surface area contributed by atoms with Crippen LogP contribution in [-0.2, 0) is 0 Å². The first-order valence-corrected chi connectivity index (χ1v) is 7.01. The molecule has 1 aliphatic heterocycles. The van der Waals surface area contributed by atoms with Gasteiger partial charge in [0, 0.05) is 24.5 Å². The van der Waals surface area contributed by atoms with Gasteiger partial charge < -0.3 is 20.5 Å². The van der Waals surface area contributed by atoms with Crippen LogP contribution in [0.1, 0.15) is 12.8 Å². The highest BCUT2D eigenvalue weighted by atomic mass is 16.5. The third kappa shape index (κ3) is 2.63. The molecular weight excluding hydrogens is 254 g/mol. The maximum atomic E-state index is 5.74. The quantitative estimate of drug-likeness (QED) is 0.835. The Balaban J connectivity index is 1.98. The second kappa shape index (κ2) is 5.96. The molecule has 5 heteroatoms. The number of nitrogens with one attached hydrogen (secondary N) is 1. The van der Waals surface area contributed by atoms with E-state index in [1.165, 1.54) is 0 Å². The van der Waals surface area contributed by atoms with Crippen LogP contribution >= 0.6 is 0 Å². The first-order valence-electron chi connectivity index (χ1n) is 7.01. The van der Waals surface area contributed by atoms with Crippen LogP contribution in [-0.4, -0.2) is 31.3 Å². The number of pyridine rings is 1. The van der Waals surface area contributed by atoms with Crippen LogP contribution in [0.2, 0.25) is 0 Å². The second-order valence-electron chi connectivity index (χ2n) is 4.80. The number of ether oxygens (including phenoxy) is 2. The van der Waals surface area contributed by atoms with Crippen molar-refractivity contribution < 1.29 is 9.47 Å². The molecule has 0 bridgehead atoms. The molecule has 3 rings (SSSR count). The third-order valence-electron chi connectivity index (χ3n) is 3.31. The number of nitrogens with two attached hydrogens (primary N) is 1. The van der Waals surface area contributed by atoms with Gasteiger partial charge in [-0.1, -0.05) is 0 Å². The summed E-state index contributed by atoms with van der Waals surface area (Å²) in [6.07, 6.45) is 3.63. The molecule has 1 aromatic heterocycles. The summed E-state index contributed by atoms with van der Waals surface area (Å²) in [6, 6.07) is 6.01. The number of anilines is 1. The Morgan fingerprint density at radius 2 is 2.00 bits per heavy atom. The first kappa shape index (κ1) is 13.0. The third-order valence-corrected chi connectivity index (χ3v) is 3.31. The molecule has 5 nitrogen and oxygen atoms in total. The summed E-state index contributed by atoms with van der Waals surface area (Å²) in [5.41, 5.74) is 5.52. The van der Waals surface area contributed by atoms with E-state index in [0.717, 1.165) is 47.5 Å². The lowest BCUT2D eigenvalue weighted by atomic mass is 10.1. The zero-order valence-corrected chi connectivity index (χ0v) is 11.4. The monoisotopic (exact) mass is 273 g/mol. The minimum atomic E-state index is 0.671. The minimum Gasteiger partial charge on any atom is -0.490 e. The lowest BCUT2D eigenvalue weighted by Gasteiger charge is -2.12. The highest BCUT2D eigenvalue weighted by Gasteiger charge is 2.13. The van der Waals surface area contributed by atoms with E-state index in [1.807, 2.05) is 18.2 Å². The van der Waals surface area contributed by atoms with Gasteiger partial charge in [-0.3, -0.25) is 0 Å². The van der Waals surface area contributed by atoms with Crippen molar-refractivity contribution in [1.29, 1.82) is 0 Å². The number of rotatable bonds is 4. The van der Waals surface area contributed by atoms with Gasteiger partial charge >= 0.3 is 0 Å². The highest BCUT2D eigenvalue weighted by Crippen LogP contribution is 2.36. The minimum absolute atomic E-state index is 0.671. The lowest BCUT2D eigenvalue weighted by molar-refractivity contribution is 0.297. The molecule has 1 aliphatic rings. The van der Waals surface area contributed by atoms with E-state index in [0.29, 0.717) is 19.8 Å². The molecule has 0 fully saturated rings. The molecule has 0 saturated carbocycles. The summed E-state index contributed by atoms with van der Waals surface area (Å²) >= 11 is 0. The van der Waals surface area contributed by atoms with Crippen molar-refractivity contribution in [1.82, 2.24) is 4.98 Å². The largest absolute Gasteiger partial charge is 0.490 e. The number of benzene rings is 1. The van der Waals surface area contributed by atoms with E-state index < -0.39 is 0 Å². The van der Waals surface area contributed by atoms with E-state index in [-0.39, 0.29) is 0 Å². The molecule has 0 aliphatic carbocycles. The van der Waals surface area contributed by atoms with Crippen LogP contribution < -0.4 is 20.5 Å². The molecular formula is C15H19N3O2. The summed E-state index contributed by atoms with van der Waals surface area (Å²) in [5, 5.41) is 5.47. The van der Waals surface area contributed by atoms with Gasteiger partial charge in [0.1, 0.15) is 5.82 Å². The number of aromatic nitrogens is 1. The SMILES string of the molecule is NCCCNc1nccc2cc3c(cc12)OCCCO3. The van der Waals surface area contributed by atoms with Crippen molar-refractivity contribution in [3.8, 4) is 11.5 Å². The van der Waals surface area contributed by atoms with Crippen molar-refractivity contribution in [3.05, 3.63) is 24.4 Å². The molecule has 2 heterocycles. The summed E-state index contributed by atoms with van der Waals surface area (Å²) in [7, 11) is 0. The second-order valence-corrected chi connectivity index (χ2v) is 4.80. The maximum absolute atomic E-state index is 5.74. The van der Waals surface area contributed by atoms with E-state index in [9.17, 15) is 0 Å². The summed E-state index contributed by atoms with van der Waals surface area (Å²) in [5.74, 6) is 2.48. The van der Waals surface area contributed by atoms with Crippen molar-refractivity contribution in [2.24, 2.45) is 5.73 Å². The van der Waals surface area contributed by atoms with Gasteiger partial charge in [0.05, 0.1) is 13.2 Å². The summed E-state index contributed by atoms with van der Waals surface area (Å²) in [4.78, 5) is 4.40.